The Labute approximate surface area is 141 Å². The van der Waals surface area contributed by atoms with Gasteiger partial charge in [-0.25, -0.2) is 0 Å². The maximum Gasteiger partial charge on any atom is 0.310 e. The summed E-state index contributed by atoms with van der Waals surface area (Å²) >= 11 is 0. The zero-order chi connectivity index (χ0) is 17.1. The number of carboxylic acid groups (broad SMARTS) is 1. The molecule has 5 heteroatoms. The molecule has 3 aliphatic heterocycles. The molecule has 0 aromatic rings. The van der Waals surface area contributed by atoms with Crippen LogP contribution in [-0.4, -0.2) is 46.7 Å². The van der Waals surface area contributed by atoms with Crippen molar-refractivity contribution in [1.29, 1.82) is 0 Å². The average Bonchev–Trinajstić information content (AvgIpc) is 3.16. The number of nitrogens with zero attached hydrogens (tertiary/aromatic N) is 1. The average molecular weight is 329 g/mol. The quantitative estimate of drug-likeness (QED) is 0.803. The van der Waals surface area contributed by atoms with Crippen LogP contribution in [0.25, 0.3) is 0 Å². The fourth-order valence-electron chi connectivity index (χ4n) is 4.72. The predicted octanol–water partition coefficient (Wildman–Crippen LogP) is 2.16. The molecule has 0 radical (unpaired) electrons. The second-order valence-corrected chi connectivity index (χ2v) is 7.61. The van der Waals surface area contributed by atoms with Gasteiger partial charge in [0.15, 0.2) is 0 Å². The Morgan fingerprint density at radius 3 is 2.96 bits per heavy atom. The molecular weight excluding hydrogens is 306 g/mol. The van der Waals surface area contributed by atoms with Crippen molar-refractivity contribution in [2.45, 2.75) is 37.9 Å². The fourth-order valence-corrected chi connectivity index (χ4v) is 4.72. The molecule has 4 rings (SSSR count). The molecule has 2 bridgehead atoms. The fraction of sp³-hybridized carbons (Fsp3) is 0.579. The van der Waals surface area contributed by atoms with E-state index in [-0.39, 0.29) is 5.91 Å². The normalized spacial score (nSPS) is 40.0. The Hall–Kier alpha value is -1.88. The lowest BCUT2D eigenvalue weighted by atomic mass is 9.77. The van der Waals surface area contributed by atoms with Crippen LogP contribution in [0.5, 0.6) is 0 Å². The summed E-state index contributed by atoms with van der Waals surface area (Å²) in [6.45, 7) is 7.16. The first-order chi connectivity index (χ1) is 11.4. The van der Waals surface area contributed by atoms with Gasteiger partial charge < -0.3 is 14.7 Å². The molecule has 2 saturated heterocycles. The van der Waals surface area contributed by atoms with Crippen molar-refractivity contribution in [3.8, 4) is 0 Å². The lowest BCUT2D eigenvalue weighted by Gasteiger charge is -2.26. The molecule has 4 aliphatic rings. The number of hydrogen-bond donors (Lipinski definition) is 1. The van der Waals surface area contributed by atoms with E-state index in [2.05, 4.69) is 19.6 Å². The topological polar surface area (TPSA) is 66.8 Å². The molecule has 1 amide bonds. The van der Waals surface area contributed by atoms with Crippen LogP contribution in [0.2, 0.25) is 0 Å². The van der Waals surface area contributed by atoms with E-state index in [0.717, 1.165) is 19.3 Å². The van der Waals surface area contributed by atoms with Gasteiger partial charge in [0.2, 0.25) is 5.91 Å². The Morgan fingerprint density at radius 1 is 1.54 bits per heavy atom. The summed E-state index contributed by atoms with van der Waals surface area (Å²) in [7, 11) is 0. The van der Waals surface area contributed by atoms with E-state index < -0.39 is 29.5 Å². The smallest absolute Gasteiger partial charge is 0.310 e. The molecule has 24 heavy (non-hydrogen) atoms. The Balaban J connectivity index is 1.50. The van der Waals surface area contributed by atoms with Crippen LogP contribution in [0.1, 0.15) is 26.2 Å². The largest absolute Gasteiger partial charge is 0.481 e. The van der Waals surface area contributed by atoms with E-state index in [1.807, 2.05) is 12.2 Å². The first-order valence-electron chi connectivity index (χ1n) is 8.63. The number of ether oxygens (including phenoxy) is 1. The van der Waals surface area contributed by atoms with Crippen molar-refractivity contribution < 1.29 is 19.4 Å². The van der Waals surface area contributed by atoms with Crippen molar-refractivity contribution in [3.63, 3.8) is 0 Å². The number of aliphatic carboxylic acids is 1. The minimum Gasteiger partial charge on any atom is -0.481 e. The highest BCUT2D eigenvalue weighted by Crippen LogP contribution is 2.52. The van der Waals surface area contributed by atoms with Crippen LogP contribution >= 0.6 is 0 Å². The highest BCUT2D eigenvalue weighted by Gasteiger charge is 2.67. The Kier molecular flexibility index (Phi) is 3.46. The second-order valence-electron chi connectivity index (χ2n) is 7.61. The van der Waals surface area contributed by atoms with Gasteiger partial charge >= 0.3 is 5.97 Å². The number of carbonyl (C=O) groups excluding carboxylic acids is 1. The summed E-state index contributed by atoms with van der Waals surface area (Å²) in [5.74, 6) is -1.79. The highest BCUT2D eigenvalue weighted by molar-refractivity contribution is 5.90. The van der Waals surface area contributed by atoms with Crippen molar-refractivity contribution in [3.05, 3.63) is 36.0 Å². The van der Waals surface area contributed by atoms with Crippen molar-refractivity contribution in [2.24, 2.45) is 17.8 Å². The van der Waals surface area contributed by atoms with Gasteiger partial charge in [0.25, 0.3) is 0 Å². The highest BCUT2D eigenvalue weighted by atomic mass is 16.5. The van der Waals surface area contributed by atoms with Gasteiger partial charge in [-0.3, -0.25) is 9.59 Å². The summed E-state index contributed by atoms with van der Waals surface area (Å²) in [6.07, 6.45) is 8.52. The summed E-state index contributed by atoms with van der Waals surface area (Å²) < 4.78 is 5.91. The van der Waals surface area contributed by atoms with Crippen LogP contribution in [0.4, 0.5) is 0 Å². The third-order valence-corrected chi connectivity index (χ3v) is 6.06. The molecule has 0 aromatic carbocycles. The molecule has 5 atom stereocenters. The molecule has 0 saturated carbocycles. The van der Waals surface area contributed by atoms with Crippen molar-refractivity contribution in [2.75, 3.05) is 13.1 Å². The van der Waals surface area contributed by atoms with E-state index in [1.165, 1.54) is 11.1 Å². The van der Waals surface area contributed by atoms with Crippen LogP contribution in [-0.2, 0) is 14.3 Å². The molecule has 128 valence electrons. The van der Waals surface area contributed by atoms with Crippen molar-refractivity contribution >= 4 is 11.9 Å². The van der Waals surface area contributed by atoms with E-state index >= 15 is 0 Å². The van der Waals surface area contributed by atoms with Gasteiger partial charge in [-0.15, -0.1) is 0 Å². The van der Waals surface area contributed by atoms with E-state index in [0.29, 0.717) is 19.0 Å². The van der Waals surface area contributed by atoms with E-state index in [9.17, 15) is 14.7 Å². The molecule has 5 nitrogen and oxygen atoms in total. The lowest BCUT2D eigenvalue weighted by Crippen LogP contribution is -2.39. The molecule has 0 aromatic heterocycles. The van der Waals surface area contributed by atoms with Gasteiger partial charge in [0, 0.05) is 6.54 Å². The number of hydrogen-bond acceptors (Lipinski definition) is 3. The second kappa shape index (κ2) is 5.31. The minimum absolute atomic E-state index is 0.0721. The van der Waals surface area contributed by atoms with Gasteiger partial charge in [-0.1, -0.05) is 36.0 Å². The molecule has 4 unspecified atom stereocenters. The zero-order valence-electron chi connectivity index (χ0n) is 13.9. The molecule has 3 heterocycles. The number of carboxylic acids is 1. The molecule has 2 fully saturated rings. The number of fused-ring (bicyclic) bond motifs is 1. The first-order valence-corrected chi connectivity index (χ1v) is 8.63. The van der Waals surface area contributed by atoms with Gasteiger partial charge in [-0.2, -0.15) is 0 Å². The summed E-state index contributed by atoms with van der Waals surface area (Å²) in [5, 5.41) is 9.48. The van der Waals surface area contributed by atoms with E-state index in [4.69, 9.17) is 4.74 Å². The zero-order valence-corrected chi connectivity index (χ0v) is 13.9. The number of carbonyl (C=O) groups is 2. The number of allylic oxidation sites excluding steroid dienone is 2. The SMILES string of the molecule is C=C(C)[C@@H]1CC=C(CN2CC34C=CC(O3)C(C(=O)O)C4C2=O)CC1. The Bertz CT molecular complexity index is 679. The summed E-state index contributed by atoms with van der Waals surface area (Å²) in [4.78, 5) is 26.2. The molecular formula is C19H23NO4. The lowest BCUT2D eigenvalue weighted by molar-refractivity contribution is -0.148. The van der Waals surface area contributed by atoms with Crippen molar-refractivity contribution in [1.82, 2.24) is 4.90 Å². The maximum atomic E-state index is 12.8. The summed E-state index contributed by atoms with van der Waals surface area (Å²) in [5.41, 5.74) is 1.76. The van der Waals surface area contributed by atoms with E-state index in [1.54, 1.807) is 4.90 Å². The number of likely N-dealkylation sites (tertiary alicyclic amines) is 1. The first kappa shape index (κ1) is 15.6. The number of rotatable bonds is 4. The van der Waals surface area contributed by atoms with Gasteiger partial charge in [0.1, 0.15) is 11.5 Å². The van der Waals surface area contributed by atoms with Crippen LogP contribution in [0.3, 0.4) is 0 Å². The Morgan fingerprint density at radius 2 is 2.33 bits per heavy atom. The van der Waals surface area contributed by atoms with Crippen LogP contribution in [0.15, 0.2) is 36.0 Å². The van der Waals surface area contributed by atoms with Crippen LogP contribution < -0.4 is 0 Å². The number of amides is 1. The third kappa shape index (κ3) is 2.18. The summed E-state index contributed by atoms with van der Waals surface area (Å²) in [6, 6.07) is 0. The standard InChI is InChI=1S/C19H23NO4/c1-11(2)13-5-3-12(4-6-13)9-20-10-19-8-7-14(24-19)15(18(22)23)16(19)17(20)21/h3,7-8,13-16H,1,4-6,9-10H2,2H3,(H,22,23)/t13-,14?,15?,16?,19?/m1/s1. The van der Waals surface area contributed by atoms with Crippen LogP contribution in [0, 0.1) is 17.8 Å². The maximum absolute atomic E-state index is 12.8. The monoisotopic (exact) mass is 329 g/mol. The minimum atomic E-state index is -0.937. The van der Waals surface area contributed by atoms with Gasteiger partial charge in [0.05, 0.1) is 18.6 Å². The predicted molar refractivity (Wildman–Crippen MR) is 88.2 cm³/mol. The molecule has 1 N–H and O–H groups in total. The van der Waals surface area contributed by atoms with Gasteiger partial charge in [-0.05, 0) is 32.1 Å². The molecule has 1 spiro atoms. The molecule has 1 aliphatic carbocycles. The third-order valence-electron chi connectivity index (χ3n) is 6.06.